The first-order valence-electron chi connectivity index (χ1n) is 2.77. The summed E-state index contributed by atoms with van der Waals surface area (Å²) in [5.41, 5.74) is 0. The zero-order valence-electron chi connectivity index (χ0n) is 5.48. The minimum Gasteiger partial charge on any atom is -0.382 e. The molecule has 0 amide bonds. The van der Waals surface area contributed by atoms with Gasteiger partial charge in [0.25, 0.3) is 0 Å². The van der Waals surface area contributed by atoms with Crippen LogP contribution in [0.5, 0.6) is 0 Å². The van der Waals surface area contributed by atoms with E-state index in [1.54, 1.807) is 7.11 Å². The molecule has 0 bridgehead atoms. The van der Waals surface area contributed by atoms with Crippen LogP contribution < -0.4 is 0 Å². The van der Waals surface area contributed by atoms with Gasteiger partial charge in [-0.3, -0.25) is 0 Å². The van der Waals surface area contributed by atoms with Gasteiger partial charge in [0.2, 0.25) is 0 Å². The molecule has 0 saturated heterocycles. The van der Waals surface area contributed by atoms with E-state index in [9.17, 15) is 0 Å². The summed E-state index contributed by atoms with van der Waals surface area (Å²) in [7, 11) is 1.70. The third kappa shape index (κ3) is 3.70. The second-order valence-electron chi connectivity index (χ2n) is 1.79. The maximum absolute atomic E-state index is 5.03. The van der Waals surface area contributed by atoms with Crippen LogP contribution in [0.2, 0.25) is 0 Å². The summed E-state index contributed by atoms with van der Waals surface area (Å²) in [6, 6.07) is 0. The molecular weight excluding hydrogens is 100 g/mol. The number of methoxy groups -OCH3 is 1. The Labute approximate surface area is 51.0 Å². The van der Waals surface area contributed by atoms with Gasteiger partial charge in [-0.1, -0.05) is 0 Å². The second kappa shape index (κ2) is 4.67. The smallest absolute Gasteiger partial charge is 0.0552 e. The van der Waals surface area contributed by atoms with Crippen LogP contribution in [0.25, 0.3) is 0 Å². The molecule has 0 rings (SSSR count). The molecule has 0 saturated carbocycles. The van der Waals surface area contributed by atoms with E-state index in [1.807, 2.05) is 6.92 Å². The Morgan fingerprint density at radius 3 is 2.75 bits per heavy atom. The Bertz CT molecular complexity index is 80.9. The van der Waals surface area contributed by atoms with Crippen molar-refractivity contribution in [1.29, 1.82) is 0 Å². The van der Waals surface area contributed by atoms with Gasteiger partial charge in [-0.15, -0.1) is 12.3 Å². The van der Waals surface area contributed by atoms with E-state index in [4.69, 9.17) is 11.2 Å². The molecule has 0 spiro atoms. The summed E-state index contributed by atoms with van der Waals surface area (Å²) in [5, 5.41) is 0. The van der Waals surface area contributed by atoms with E-state index in [1.165, 1.54) is 0 Å². The fourth-order valence-electron chi connectivity index (χ4n) is 0.404. The highest BCUT2D eigenvalue weighted by molar-refractivity contribution is 4.83. The summed E-state index contributed by atoms with van der Waals surface area (Å²) in [6.07, 6.45) is 7.12. The van der Waals surface area contributed by atoms with Gasteiger partial charge in [0, 0.05) is 13.5 Å². The van der Waals surface area contributed by atoms with E-state index in [0.29, 0.717) is 6.10 Å². The highest BCUT2D eigenvalue weighted by atomic mass is 16.5. The van der Waals surface area contributed by atoms with Crippen molar-refractivity contribution in [2.24, 2.45) is 0 Å². The molecule has 1 nitrogen and oxygen atoms in total. The highest BCUT2D eigenvalue weighted by Gasteiger charge is 1.94. The largest absolute Gasteiger partial charge is 0.382 e. The van der Waals surface area contributed by atoms with Crippen molar-refractivity contribution in [2.75, 3.05) is 7.11 Å². The van der Waals surface area contributed by atoms with Crippen molar-refractivity contribution in [1.82, 2.24) is 0 Å². The van der Waals surface area contributed by atoms with E-state index in [-0.39, 0.29) is 0 Å². The van der Waals surface area contributed by atoms with Crippen molar-refractivity contribution in [3.8, 4) is 12.3 Å². The predicted octanol–water partition coefficient (Wildman–Crippen LogP) is 1.43. The van der Waals surface area contributed by atoms with Gasteiger partial charge in [0.05, 0.1) is 6.10 Å². The Hall–Kier alpha value is -0.480. The lowest BCUT2D eigenvalue weighted by molar-refractivity contribution is 0.112. The van der Waals surface area contributed by atoms with Crippen LogP contribution in [0.1, 0.15) is 19.8 Å². The first-order chi connectivity index (χ1) is 3.81. The molecule has 1 unspecified atom stereocenters. The maximum Gasteiger partial charge on any atom is 0.0552 e. The van der Waals surface area contributed by atoms with Crippen molar-refractivity contribution in [2.45, 2.75) is 25.9 Å². The molecule has 0 heterocycles. The van der Waals surface area contributed by atoms with Crippen molar-refractivity contribution < 1.29 is 4.74 Å². The minimum absolute atomic E-state index is 0.311. The Kier molecular flexibility index (Phi) is 4.39. The molecule has 0 fully saturated rings. The van der Waals surface area contributed by atoms with Gasteiger partial charge in [-0.2, -0.15) is 0 Å². The van der Waals surface area contributed by atoms with Gasteiger partial charge < -0.3 is 4.74 Å². The third-order valence-corrected chi connectivity index (χ3v) is 1.10. The maximum atomic E-state index is 5.03. The summed E-state index contributed by atoms with van der Waals surface area (Å²) in [5.74, 6) is 2.55. The number of hydrogen-bond donors (Lipinski definition) is 0. The molecule has 1 atom stereocenters. The van der Waals surface area contributed by atoms with Crippen LogP contribution in [0, 0.1) is 12.3 Å². The zero-order chi connectivity index (χ0) is 6.41. The number of ether oxygens (including phenoxy) is 1. The fourth-order valence-corrected chi connectivity index (χ4v) is 0.404. The lowest BCUT2D eigenvalue weighted by Crippen LogP contribution is -2.02. The molecule has 46 valence electrons. The van der Waals surface area contributed by atoms with Crippen LogP contribution in [-0.4, -0.2) is 13.2 Å². The zero-order valence-corrected chi connectivity index (χ0v) is 5.48. The molecule has 1 heteroatoms. The molecule has 0 radical (unpaired) electrons. The Morgan fingerprint density at radius 1 is 1.75 bits per heavy atom. The number of rotatable bonds is 3. The van der Waals surface area contributed by atoms with Crippen molar-refractivity contribution in [3.63, 3.8) is 0 Å². The van der Waals surface area contributed by atoms with Crippen LogP contribution >= 0.6 is 0 Å². The molecule has 0 aromatic carbocycles. The number of terminal acetylenes is 1. The predicted molar refractivity (Wildman–Crippen MR) is 34.5 cm³/mol. The van der Waals surface area contributed by atoms with Gasteiger partial charge in [0.1, 0.15) is 0 Å². The topological polar surface area (TPSA) is 9.23 Å². The average Bonchev–Trinajstić information content (AvgIpc) is 1.83. The molecule has 8 heavy (non-hydrogen) atoms. The van der Waals surface area contributed by atoms with Crippen LogP contribution in [0.4, 0.5) is 0 Å². The quantitative estimate of drug-likeness (QED) is 0.502. The summed E-state index contributed by atoms with van der Waals surface area (Å²) in [6.45, 7) is 2.01. The van der Waals surface area contributed by atoms with Gasteiger partial charge in [-0.25, -0.2) is 0 Å². The van der Waals surface area contributed by atoms with Crippen LogP contribution in [0.3, 0.4) is 0 Å². The molecule has 0 N–H and O–H groups in total. The standard InChI is InChI=1S/C7H12O/c1-4-5-6-7(2)8-3/h1,7H,5-6H2,2-3H3. The molecular formula is C7H12O. The molecule has 0 aliphatic heterocycles. The monoisotopic (exact) mass is 112 g/mol. The molecule has 0 aliphatic rings. The molecule has 0 aromatic rings. The Morgan fingerprint density at radius 2 is 2.38 bits per heavy atom. The lowest BCUT2D eigenvalue weighted by atomic mass is 10.2. The first-order valence-corrected chi connectivity index (χ1v) is 2.77. The fraction of sp³-hybridized carbons (Fsp3) is 0.714. The minimum atomic E-state index is 0.311. The third-order valence-electron chi connectivity index (χ3n) is 1.10. The van der Waals surface area contributed by atoms with Crippen LogP contribution in [-0.2, 0) is 4.74 Å². The SMILES string of the molecule is C#CCCC(C)OC. The van der Waals surface area contributed by atoms with E-state index < -0.39 is 0 Å². The summed E-state index contributed by atoms with van der Waals surface area (Å²) in [4.78, 5) is 0. The highest BCUT2D eigenvalue weighted by Crippen LogP contribution is 1.96. The van der Waals surface area contributed by atoms with Gasteiger partial charge in [-0.05, 0) is 13.3 Å². The lowest BCUT2D eigenvalue weighted by Gasteiger charge is -2.04. The molecule has 0 aliphatic carbocycles. The van der Waals surface area contributed by atoms with Crippen molar-refractivity contribution in [3.05, 3.63) is 0 Å². The second-order valence-corrected chi connectivity index (χ2v) is 1.79. The van der Waals surface area contributed by atoms with E-state index >= 15 is 0 Å². The molecule has 0 aromatic heterocycles. The summed E-state index contributed by atoms with van der Waals surface area (Å²) >= 11 is 0. The van der Waals surface area contributed by atoms with Gasteiger partial charge >= 0.3 is 0 Å². The normalized spacial score (nSPS) is 12.6. The average molecular weight is 112 g/mol. The van der Waals surface area contributed by atoms with Crippen molar-refractivity contribution >= 4 is 0 Å². The number of hydrogen-bond acceptors (Lipinski definition) is 1. The van der Waals surface area contributed by atoms with Gasteiger partial charge in [0.15, 0.2) is 0 Å². The first kappa shape index (κ1) is 7.52. The van der Waals surface area contributed by atoms with E-state index in [0.717, 1.165) is 12.8 Å². The van der Waals surface area contributed by atoms with E-state index in [2.05, 4.69) is 5.92 Å². The van der Waals surface area contributed by atoms with Crippen LogP contribution in [0.15, 0.2) is 0 Å². The summed E-state index contributed by atoms with van der Waals surface area (Å²) < 4.78 is 4.96. The Balaban J connectivity index is 3.01.